The molecule has 0 aromatic heterocycles. The second-order valence-corrected chi connectivity index (χ2v) is 11.0. The highest BCUT2D eigenvalue weighted by Gasteiger charge is 2.35. The van der Waals surface area contributed by atoms with Crippen LogP contribution in [0.5, 0.6) is 0 Å². The lowest BCUT2D eigenvalue weighted by molar-refractivity contribution is 0.292. The maximum atomic E-state index is 12.6. The quantitative estimate of drug-likeness (QED) is 0.607. The van der Waals surface area contributed by atoms with Crippen molar-refractivity contribution in [2.75, 3.05) is 12.3 Å². The molecule has 0 aliphatic rings. The molecule has 0 atom stereocenters. The van der Waals surface area contributed by atoms with Gasteiger partial charge in [-0.3, -0.25) is 4.57 Å². The maximum Gasteiger partial charge on any atom is 0.201 e. The monoisotopic (exact) mass is 290 g/mol. The first-order valence-electron chi connectivity index (χ1n) is 7.56. The van der Waals surface area contributed by atoms with Crippen molar-refractivity contribution in [1.29, 1.82) is 0 Å². The molecule has 0 spiro atoms. The van der Waals surface area contributed by atoms with E-state index < -0.39 is 7.37 Å². The molecule has 3 heteroatoms. The van der Waals surface area contributed by atoms with E-state index in [1.54, 1.807) is 0 Å². The van der Waals surface area contributed by atoms with E-state index in [2.05, 4.69) is 55.4 Å². The zero-order chi connectivity index (χ0) is 15.5. The summed E-state index contributed by atoms with van der Waals surface area (Å²) < 4.78 is 12.6. The second kappa shape index (κ2) is 6.76. The van der Waals surface area contributed by atoms with E-state index in [9.17, 15) is 9.46 Å². The Morgan fingerprint density at radius 2 is 1.11 bits per heavy atom. The summed E-state index contributed by atoms with van der Waals surface area (Å²) in [7, 11) is -3.05. The molecule has 0 aliphatic heterocycles. The van der Waals surface area contributed by atoms with E-state index in [0.29, 0.717) is 24.2 Å². The minimum absolute atomic E-state index is 0.0493. The van der Waals surface area contributed by atoms with Crippen LogP contribution in [0.15, 0.2) is 0 Å². The van der Waals surface area contributed by atoms with Crippen molar-refractivity contribution in [3.63, 3.8) is 0 Å². The average molecular weight is 290 g/mol. The van der Waals surface area contributed by atoms with Gasteiger partial charge in [0, 0.05) is 12.3 Å². The van der Waals surface area contributed by atoms with Crippen LogP contribution in [0.4, 0.5) is 0 Å². The molecular weight excluding hydrogens is 255 g/mol. The molecule has 0 heterocycles. The van der Waals surface area contributed by atoms with Crippen molar-refractivity contribution >= 4 is 7.37 Å². The average Bonchev–Trinajstić information content (AvgIpc) is 1.89. The van der Waals surface area contributed by atoms with Gasteiger partial charge in [-0.15, -0.1) is 0 Å². The summed E-state index contributed by atoms with van der Waals surface area (Å²) >= 11 is 0. The van der Waals surface area contributed by atoms with Gasteiger partial charge in [0.1, 0.15) is 0 Å². The standard InChI is InChI=1S/C16H35O2P/c1-13(2)9-15(5,6)11-19(17,18)12-16(7,8)10-14(3)4/h13-14H,9-12H2,1-8H3,(H,17,18). The fraction of sp³-hybridized carbons (Fsp3) is 1.00. The van der Waals surface area contributed by atoms with Crippen LogP contribution in [0.2, 0.25) is 0 Å². The molecule has 0 fully saturated rings. The third kappa shape index (κ3) is 9.68. The molecule has 0 unspecified atom stereocenters. The number of rotatable bonds is 8. The summed E-state index contributed by atoms with van der Waals surface area (Å²) in [5, 5.41) is 0. The third-order valence-corrected chi connectivity index (χ3v) is 5.97. The molecule has 0 rings (SSSR count). The summed E-state index contributed by atoms with van der Waals surface area (Å²) in [6.07, 6.45) is 2.89. The number of hydrogen-bond donors (Lipinski definition) is 1. The minimum atomic E-state index is -3.05. The lowest BCUT2D eigenvalue weighted by atomic mass is 9.86. The molecule has 116 valence electrons. The van der Waals surface area contributed by atoms with Crippen molar-refractivity contribution in [3.05, 3.63) is 0 Å². The minimum Gasteiger partial charge on any atom is -0.344 e. The van der Waals surface area contributed by atoms with Gasteiger partial charge in [0.25, 0.3) is 0 Å². The van der Waals surface area contributed by atoms with Gasteiger partial charge in [-0.05, 0) is 35.5 Å². The van der Waals surface area contributed by atoms with E-state index in [-0.39, 0.29) is 10.8 Å². The third-order valence-electron chi connectivity index (χ3n) is 3.27. The van der Waals surface area contributed by atoms with Crippen molar-refractivity contribution in [3.8, 4) is 0 Å². The first kappa shape index (κ1) is 19.2. The van der Waals surface area contributed by atoms with Gasteiger partial charge in [0.15, 0.2) is 0 Å². The predicted molar refractivity (Wildman–Crippen MR) is 86.0 cm³/mol. The zero-order valence-electron chi connectivity index (χ0n) is 14.3. The molecule has 0 aliphatic carbocycles. The van der Waals surface area contributed by atoms with Gasteiger partial charge in [-0.1, -0.05) is 55.4 Å². The molecule has 0 saturated heterocycles. The predicted octanol–water partition coefficient (Wildman–Crippen LogP) is 5.40. The summed E-state index contributed by atoms with van der Waals surface area (Å²) in [6.45, 7) is 17.2. The van der Waals surface area contributed by atoms with Gasteiger partial charge < -0.3 is 4.89 Å². The highest BCUT2D eigenvalue weighted by molar-refractivity contribution is 7.58. The Bertz CT molecular complexity index is 289. The van der Waals surface area contributed by atoms with Crippen LogP contribution in [-0.2, 0) is 4.57 Å². The fourth-order valence-electron chi connectivity index (χ4n) is 3.73. The van der Waals surface area contributed by atoms with Crippen molar-refractivity contribution < 1.29 is 9.46 Å². The maximum absolute atomic E-state index is 12.6. The molecule has 0 aromatic carbocycles. The lowest BCUT2D eigenvalue weighted by Crippen LogP contribution is -2.25. The summed E-state index contributed by atoms with van der Waals surface area (Å²) in [5.41, 5.74) is -0.0985. The van der Waals surface area contributed by atoms with E-state index in [0.717, 1.165) is 12.8 Å². The topological polar surface area (TPSA) is 37.3 Å². The number of hydrogen-bond acceptors (Lipinski definition) is 1. The van der Waals surface area contributed by atoms with Crippen LogP contribution >= 0.6 is 7.37 Å². The Balaban J connectivity index is 4.67. The first-order valence-corrected chi connectivity index (χ1v) is 9.59. The Labute approximate surface area is 120 Å². The molecule has 0 amide bonds. The molecule has 0 aromatic rings. The van der Waals surface area contributed by atoms with Crippen molar-refractivity contribution in [1.82, 2.24) is 0 Å². The van der Waals surface area contributed by atoms with Crippen molar-refractivity contribution in [2.45, 2.75) is 68.2 Å². The van der Waals surface area contributed by atoms with Crippen LogP contribution in [0, 0.1) is 22.7 Å². The SMILES string of the molecule is CC(C)CC(C)(C)CP(=O)(O)CC(C)(C)CC(C)C. The van der Waals surface area contributed by atoms with Crippen LogP contribution in [0.25, 0.3) is 0 Å². The van der Waals surface area contributed by atoms with E-state index >= 15 is 0 Å². The summed E-state index contributed by atoms with van der Waals surface area (Å²) in [6, 6.07) is 0. The van der Waals surface area contributed by atoms with Crippen LogP contribution in [-0.4, -0.2) is 17.2 Å². The lowest BCUT2D eigenvalue weighted by Gasteiger charge is -2.33. The molecule has 19 heavy (non-hydrogen) atoms. The first-order chi connectivity index (χ1) is 8.25. The van der Waals surface area contributed by atoms with E-state index in [4.69, 9.17) is 0 Å². The molecule has 0 bridgehead atoms. The van der Waals surface area contributed by atoms with Gasteiger partial charge in [-0.2, -0.15) is 0 Å². The Kier molecular flexibility index (Phi) is 6.83. The molecule has 2 nitrogen and oxygen atoms in total. The van der Waals surface area contributed by atoms with Crippen LogP contribution in [0.1, 0.15) is 68.2 Å². The van der Waals surface area contributed by atoms with Crippen LogP contribution in [0.3, 0.4) is 0 Å². The zero-order valence-corrected chi connectivity index (χ0v) is 15.2. The fourth-order valence-corrected chi connectivity index (χ4v) is 6.78. The summed E-state index contributed by atoms with van der Waals surface area (Å²) in [4.78, 5) is 10.4. The largest absolute Gasteiger partial charge is 0.344 e. The smallest absolute Gasteiger partial charge is 0.201 e. The second-order valence-electron chi connectivity index (χ2n) is 8.69. The molecule has 0 radical (unpaired) electrons. The highest BCUT2D eigenvalue weighted by atomic mass is 31.2. The van der Waals surface area contributed by atoms with E-state index in [1.807, 2.05) is 0 Å². The van der Waals surface area contributed by atoms with E-state index in [1.165, 1.54) is 0 Å². The Hall–Kier alpha value is 0.190. The van der Waals surface area contributed by atoms with Gasteiger partial charge in [-0.25, -0.2) is 0 Å². The van der Waals surface area contributed by atoms with Gasteiger partial charge in [0.2, 0.25) is 7.37 Å². The van der Waals surface area contributed by atoms with Gasteiger partial charge in [0.05, 0.1) is 0 Å². The highest BCUT2D eigenvalue weighted by Crippen LogP contribution is 2.52. The molecule has 1 N–H and O–H groups in total. The normalized spacial score (nSPS) is 14.5. The Morgan fingerprint density at radius 1 is 0.842 bits per heavy atom. The van der Waals surface area contributed by atoms with Crippen molar-refractivity contribution in [2.24, 2.45) is 22.7 Å². The molecule has 0 saturated carbocycles. The van der Waals surface area contributed by atoms with Gasteiger partial charge >= 0.3 is 0 Å². The summed E-state index contributed by atoms with van der Waals surface area (Å²) in [5.74, 6) is 1.14. The molecular formula is C16H35O2P. The van der Waals surface area contributed by atoms with Crippen LogP contribution < -0.4 is 0 Å². The Morgan fingerprint density at radius 3 is 1.32 bits per heavy atom.